The third kappa shape index (κ3) is 1.80. The van der Waals surface area contributed by atoms with E-state index < -0.39 is 10.8 Å². The van der Waals surface area contributed by atoms with Crippen LogP contribution in [0, 0.1) is 6.92 Å². The maximum absolute atomic E-state index is 12.0. The average Bonchev–Trinajstić information content (AvgIpc) is 2.72. The molecule has 0 N–H and O–H groups in total. The van der Waals surface area contributed by atoms with Crippen molar-refractivity contribution in [1.82, 2.24) is 19.2 Å². The molecule has 0 saturated carbocycles. The number of fused-ring (bicyclic) bond motifs is 1. The zero-order chi connectivity index (χ0) is 12.6. The molecular formula is C10H14N4O2S. The first kappa shape index (κ1) is 12.0. The minimum atomic E-state index is -1.22. The van der Waals surface area contributed by atoms with Crippen molar-refractivity contribution >= 4 is 16.3 Å². The highest BCUT2D eigenvalue weighted by Gasteiger charge is 2.16. The summed E-state index contributed by atoms with van der Waals surface area (Å²) in [4.78, 5) is 16.1. The van der Waals surface area contributed by atoms with Crippen molar-refractivity contribution in [2.45, 2.75) is 32.5 Å². The summed E-state index contributed by atoms with van der Waals surface area (Å²) in [6.45, 7) is 5.85. The second-order valence-corrected chi connectivity index (χ2v) is 5.22. The van der Waals surface area contributed by atoms with Gasteiger partial charge in [-0.2, -0.15) is 0 Å². The van der Waals surface area contributed by atoms with Crippen LogP contribution in [-0.2, 0) is 17.3 Å². The predicted molar refractivity (Wildman–Crippen MR) is 64.6 cm³/mol. The molecule has 17 heavy (non-hydrogen) atoms. The number of aromatic nitrogens is 4. The molecule has 2 heterocycles. The molecule has 0 amide bonds. The van der Waals surface area contributed by atoms with Crippen molar-refractivity contribution in [3.05, 3.63) is 22.4 Å². The van der Waals surface area contributed by atoms with Crippen LogP contribution in [0.4, 0.5) is 0 Å². The van der Waals surface area contributed by atoms with Crippen molar-refractivity contribution in [1.29, 1.82) is 0 Å². The number of hydrogen-bond donors (Lipinski definition) is 0. The van der Waals surface area contributed by atoms with E-state index in [9.17, 15) is 9.00 Å². The third-order valence-electron chi connectivity index (χ3n) is 2.57. The van der Waals surface area contributed by atoms with E-state index in [1.165, 1.54) is 15.4 Å². The van der Waals surface area contributed by atoms with Gasteiger partial charge in [0, 0.05) is 12.3 Å². The van der Waals surface area contributed by atoms with Crippen LogP contribution >= 0.6 is 0 Å². The van der Waals surface area contributed by atoms with Gasteiger partial charge in [0.25, 0.3) is 5.56 Å². The second kappa shape index (κ2) is 4.40. The van der Waals surface area contributed by atoms with Crippen LogP contribution in [0.25, 0.3) is 5.52 Å². The van der Waals surface area contributed by atoms with E-state index in [1.807, 2.05) is 13.8 Å². The Bertz CT molecular complexity index is 644. The minimum Gasteiger partial charge on any atom is -0.269 e. The summed E-state index contributed by atoms with van der Waals surface area (Å²) in [7, 11) is -1.22. The standard InChI is InChI=1S/C10H14N4O2S/c1-4-14-9(15)8-7(3)11-6-13(8)10(12-14)17(16)5-2/h6H,4-5H2,1-3H3. The van der Waals surface area contributed by atoms with Gasteiger partial charge in [0.1, 0.15) is 11.8 Å². The summed E-state index contributed by atoms with van der Waals surface area (Å²) < 4.78 is 14.8. The number of imidazole rings is 1. The molecule has 92 valence electrons. The first-order valence-electron chi connectivity index (χ1n) is 5.43. The molecule has 1 atom stereocenters. The third-order valence-corrected chi connectivity index (χ3v) is 3.78. The SMILES string of the molecule is CCn1nc(S(=O)CC)n2cnc(C)c2c1=O. The van der Waals surface area contributed by atoms with Gasteiger partial charge in [-0.05, 0) is 13.8 Å². The van der Waals surface area contributed by atoms with Gasteiger partial charge in [-0.3, -0.25) is 13.4 Å². The topological polar surface area (TPSA) is 69.3 Å². The predicted octanol–water partition coefficient (Wildman–Crippen LogP) is 0.347. The van der Waals surface area contributed by atoms with Gasteiger partial charge < -0.3 is 0 Å². The molecule has 0 aromatic carbocycles. The van der Waals surface area contributed by atoms with Crippen molar-refractivity contribution in [3.63, 3.8) is 0 Å². The highest BCUT2D eigenvalue weighted by Crippen LogP contribution is 2.08. The maximum Gasteiger partial charge on any atom is 0.292 e. The molecule has 0 bridgehead atoms. The summed E-state index contributed by atoms with van der Waals surface area (Å²) in [6, 6.07) is 0. The molecule has 0 spiro atoms. The first-order valence-corrected chi connectivity index (χ1v) is 6.75. The van der Waals surface area contributed by atoms with E-state index in [1.54, 1.807) is 6.92 Å². The van der Waals surface area contributed by atoms with Gasteiger partial charge in [0.15, 0.2) is 0 Å². The Hall–Kier alpha value is -1.50. The second-order valence-electron chi connectivity index (χ2n) is 3.59. The van der Waals surface area contributed by atoms with Crippen molar-refractivity contribution in [2.75, 3.05) is 5.75 Å². The Labute approximate surface area is 101 Å². The van der Waals surface area contributed by atoms with Crippen LogP contribution in [-0.4, -0.2) is 29.1 Å². The highest BCUT2D eigenvalue weighted by atomic mass is 32.2. The van der Waals surface area contributed by atoms with Crippen molar-refractivity contribution in [3.8, 4) is 0 Å². The Morgan fingerprint density at radius 3 is 2.71 bits per heavy atom. The fourth-order valence-corrected chi connectivity index (χ4v) is 2.46. The monoisotopic (exact) mass is 254 g/mol. The molecule has 7 heteroatoms. The molecule has 0 saturated heterocycles. The largest absolute Gasteiger partial charge is 0.292 e. The van der Waals surface area contributed by atoms with Crippen LogP contribution in [0.2, 0.25) is 0 Å². The Kier molecular flexibility index (Phi) is 3.10. The van der Waals surface area contributed by atoms with Gasteiger partial charge >= 0.3 is 0 Å². The fourth-order valence-electron chi connectivity index (χ4n) is 1.66. The lowest BCUT2D eigenvalue weighted by Crippen LogP contribution is -2.27. The van der Waals surface area contributed by atoms with Crippen LogP contribution in [0.5, 0.6) is 0 Å². The zero-order valence-corrected chi connectivity index (χ0v) is 10.8. The van der Waals surface area contributed by atoms with Gasteiger partial charge in [-0.1, -0.05) is 6.92 Å². The maximum atomic E-state index is 12.0. The minimum absolute atomic E-state index is 0.195. The molecule has 1 unspecified atom stereocenters. The van der Waals surface area contributed by atoms with Gasteiger partial charge in [-0.15, -0.1) is 5.10 Å². The molecule has 6 nitrogen and oxygen atoms in total. The molecule has 0 aliphatic heterocycles. The number of nitrogens with zero attached hydrogens (tertiary/aromatic N) is 4. The lowest BCUT2D eigenvalue weighted by molar-refractivity contribution is 0.557. The van der Waals surface area contributed by atoms with Crippen LogP contribution in [0.1, 0.15) is 19.5 Å². The van der Waals surface area contributed by atoms with Gasteiger partial charge in [0.2, 0.25) is 5.16 Å². The van der Waals surface area contributed by atoms with Crippen LogP contribution in [0.15, 0.2) is 16.3 Å². The van der Waals surface area contributed by atoms with E-state index in [2.05, 4.69) is 10.1 Å². The van der Waals surface area contributed by atoms with Crippen LogP contribution < -0.4 is 5.56 Å². The molecule has 0 aliphatic rings. The summed E-state index contributed by atoms with van der Waals surface area (Å²) in [5.41, 5.74) is 0.895. The van der Waals surface area contributed by atoms with E-state index >= 15 is 0 Å². The zero-order valence-electron chi connectivity index (χ0n) is 10.0. The summed E-state index contributed by atoms with van der Waals surface area (Å²) in [6.07, 6.45) is 1.50. The number of aryl methyl sites for hydroxylation is 2. The Morgan fingerprint density at radius 1 is 1.41 bits per heavy atom. The van der Waals surface area contributed by atoms with E-state index in [0.29, 0.717) is 28.7 Å². The fraction of sp³-hybridized carbons (Fsp3) is 0.500. The Balaban J connectivity index is 2.90. The van der Waals surface area contributed by atoms with E-state index in [4.69, 9.17) is 0 Å². The molecule has 0 fully saturated rings. The number of hydrogen-bond acceptors (Lipinski definition) is 4. The van der Waals surface area contributed by atoms with Crippen molar-refractivity contribution < 1.29 is 4.21 Å². The molecule has 2 aromatic rings. The van der Waals surface area contributed by atoms with Crippen molar-refractivity contribution in [2.24, 2.45) is 0 Å². The molecule has 0 aliphatic carbocycles. The normalized spacial score (nSPS) is 13.1. The number of rotatable bonds is 3. The van der Waals surface area contributed by atoms with Gasteiger partial charge in [-0.25, -0.2) is 9.67 Å². The molecular weight excluding hydrogens is 240 g/mol. The summed E-state index contributed by atoms with van der Waals surface area (Å²) in [5, 5.41) is 4.51. The lowest BCUT2D eigenvalue weighted by atomic mass is 10.4. The highest BCUT2D eigenvalue weighted by molar-refractivity contribution is 7.84. The molecule has 2 aromatic heterocycles. The Morgan fingerprint density at radius 2 is 2.12 bits per heavy atom. The lowest BCUT2D eigenvalue weighted by Gasteiger charge is -2.07. The molecule has 0 radical (unpaired) electrons. The summed E-state index contributed by atoms with van der Waals surface area (Å²) >= 11 is 0. The quantitative estimate of drug-likeness (QED) is 0.792. The average molecular weight is 254 g/mol. The van der Waals surface area contributed by atoms with E-state index in [0.717, 1.165) is 0 Å². The summed E-state index contributed by atoms with van der Waals surface area (Å²) in [5.74, 6) is 0.460. The van der Waals surface area contributed by atoms with E-state index in [-0.39, 0.29) is 5.56 Å². The smallest absolute Gasteiger partial charge is 0.269 e. The first-order chi connectivity index (χ1) is 8.10. The molecule has 2 rings (SSSR count). The van der Waals surface area contributed by atoms with Crippen LogP contribution in [0.3, 0.4) is 0 Å². The van der Waals surface area contributed by atoms with Gasteiger partial charge in [0.05, 0.1) is 16.5 Å².